The van der Waals surface area contributed by atoms with E-state index in [2.05, 4.69) is 25.7 Å². The Morgan fingerprint density at radius 3 is 2.50 bits per heavy atom. The van der Waals surface area contributed by atoms with Crippen LogP contribution in [0, 0.1) is 0 Å². The molecule has 0 atom stereocenters. The van der Waals surface area contributed by atoms with Gasteiger partial charge in [0.15, 0.2) is 5.75 Å². The second-order valence-electron chi connectivity index (χ2n) is 2.60. The summed E-state index contributed by atoms with van der Waals surface area (Å²) in [6.45, 7) is 0. The molecule has 0 amide bonds. The van der Waals surface area contributed by atoms with Gasteiger partial charge in [-0.05, 0) is 15.9 Å². The fourth-order valence-corrected chi connectivity index (χ4v) is 2.53. The van der Waals surface area contributed by atoms with Gasteiger partial charge in [-0.25, -0.2) is 22.2 Å². The average Bonchev–Trinajstić information content (AvgIpc) is 2.14. The van der Waals surface area contributed by atoms with E-state index in [1.54, 1.807) is 0 Å². The van der Waals surface area contributed by atoms with Crippen LogP contribution in [0.15, 0.2) is 15.7 Å². The molecule has 0 radical (unpaired) electrons. The van der Waals surface area contributed by atoms with E-state index in [4.69, 9.17) is 10.7 Å². The maximum absolute atomic E-state index is 12.7. The molecule has 0 aromatic carbocycles. The van der Waals surface area contributed by atoms with Gasteiger partial charge in [0.1, 0.15) is 9.50 Å². The molecule has 16 heavy (non-hydrogen) atoms. The molecule has 1 heterocycles. The van der Waals surface area contributed by atoms with Crippen molar-refractivity contribution in [2.45, 2.75) is 11.3 Å². The van der Waals surface area contributed by atoms with Crippen molar-refractivity contribution < 1.29 is 21.9 Å². The first kappa shape index (κ1) is 13.6. The molecule has 0 spiro atoms. The van der Waals surface area contributed by atoms with Crippen LogP contribution in [0.5, 0.6) is 5.75 Å². The molecule has 1 aromatic heterocycles. The van der Waals surface area contributed by atoms with E-state index in [0.717, 1.165) is 13.3 Å². The van der Waals surface area contributed by atoms with Crippen LogP contribution in [-0.2, 0) is 9.05 Å². The van der Waals surface area contributed by atoms with Gasteiger partial charge in [0.2, 0.25) is 0 Å². The zero-order chi connectivity index (χ0) is 12.5. The van der Waals surface area contributed by atoms with Crippen LogP contribution in [0.1, 0.15) is 12.0 Å². The Hall–Kier alpha value is -0.470. The minimum Gasteiger partial charge on any atom is -0.493 e. The summed E-state index contributed by atoms with van der Waals surface area (Å²) in [5.41, 5.74) is -0.806. The molecular formula is C7H5BrClF2NO3S. The lowest BCUT2D eigenvalue weighted by atomic mass is 10.2. The van der Waals surface area contributed by atoms with Gasteiger partial charge in [0, 0.05) is 16.9 Å². The SMILES string of the molecule is COc1c(Br)ncc(S(=O)(=O)Cl)c1C(F)F. The Morgan fingerprint density at radius 1 is 1.56 bits per heavy atom. The van der Waals surface area contributed by atoms with Crippen molar-refractivity contribution in [1.29, 1.82) is 0 Å². The van der Waals surface area contributed by atoms with Crippen LogP contribution in [-0.4, -0.2) is 20.5 Å². The predicted octanol–water partition coefficient (Wildman–Crippen LogP) is 2.72. The molecule has 0 saturated carbocycles. The summed E-state index contributed by atoms with van der Waals surface area (Å²) < 4.78 is 52.2. The van der Waals surface area contributed by atoms with Gasteiger partial charge in [-0.2, -0.15) is 0 Å². The Bertz CT molecular complexity index is 509. The van der Waals surface area contributed by atoms with Crippen LogP contribution < -0.4 is 4.74 Å². The summed E-state index contributed by atoms with van der Waals surface area (Å²) in [6, 6.07) is 0. The summed E-state index contributed by atoms with van der Waals surface area (Å²) in [5, 5.41) is 0. The molecule has 0 aliphatic rings. The van der Waals surface area contributed by atoms with Crippen LogP contribution in [0.25, 0.3) is 0 Å². The molecule has 90 valence electrons. The van der Waals surface area contributed by atoms with E-state index in [1.165, 1.54) is 0 Å². The molecule has 1 rings (SSSR count). The van der Waals surface area contributed by atoms with Gasteiger partial charge in [-0.3, -0.25) is 0 Å². The number of rotatable bonds is 3. The van der Waals surface area contributed by atoms with E-state index in [1.807, 2.05) is 0 Å². The molecule has 0 saturated heterocycles. The van der Waals surface area contributed by atoms with Crippen molar-refractivity contribution in [3.63, 3.8) is 0 Å². The second-order valence-corrected chi connectivity index (χ2v) is 5.88. The lowest BCUT2D eigenvalue weighted by molar-refractivity contribution is 0.143. The number of halogens is 4. The predicted molar refractivity (Wildman–Crippen MR) is 56.5 cm³/mol. The highest BCUT2D eigenvalue weighted by Gasteiger charge is 2.28. The van der Waals surface area contributed by atoms with Gasteiger partial charge in [-0.15, -0.1) is 0 Å². The maximum Gasteiger partial charge on any atom is 0.268 e. The van der Waals surface area contributed by atoms with Gasteiger partial charge in [-0.1, -0.05) is 0 Å². The third kappa shape index (κ3) is 2.61. The minimum atomic E-state index is -4.30. The van der Waals surface area contributed by atoms with Crippen molar-refractivity contribution in [2.24, 2.45) is 0 Å². The van der Waals surface area contributed by atoms with Gasteiger partial charge in [0.25, 0.3) is 15.5 Å². The topological polar surface area (TPSA) is 56.3 Å². The van der Waals surface area contributed by atoms with Gasteiger partial charge in [0.05, 0.1) is 12.7 Å². The molecule has 0 aliphatic heterocycles. The molecule has 0 N–H and O–H groups in total. The average molecular weight is 337 g/mol. The monoisotopic (exact) mass is 335 g/mol. The van der Waals surface area contributed by atoms with Gasteiger partial charge >= 0.3 is 0 Å². The number of methoxy groups -OCH3 is 1. The van der Waals surface area contributed by atoms with Crippen molar-refractivity contribution in [2.75, 3.05) is 7.11 Å². The standard InChI is InChI=1S/C7H5BrClF2NO3S/c1-15-5-4(7(10)11)3(16(9,13)14)2-12-6(5)8/h2,7H,1H3. The summed E-state index contributed by atoms with van der Waals surface area (Å²) in [5.74, 6) is -0.350. The van der Waals surface area contributed by atoms with Crippen LogP contribution in [0.3, 0.4) is 0 Å². The summed E-state index contributed by atoms with van der Waals surface area (Å²) >= 11 is 2.87. The summed E-state index contributed by atoms with van der Waals surface area (Å²) in [4.78, 5) is 2.79. The van der Waals surface area contributed by atoms with Crippen LogP contribution >= 0.6 is 26.6 Å². The van der Waals surface area contributed by atoms with E-state index in [9.17, 15) is 17.2 Å². The number of nitrogens with zero attached hydrogens (tertiary/aromatic N) is 1. The number of hydrogen-bond donors (Lipinski definition) is 0. The fraction of sp³-hybridized carbons (Fsp3) is 0.286. The lowest BCUT2D eigenvalue weighted by Crippen LogP contribution is -2.04. The van der Waals surface area contributed by atoms with Crippen LogP contribution in [0.2, 0.25) is 0 Å². The summed E-state index contributed by atoms with van der Waals surface area (Å²) in [7, 11) is 1.84. The molecule has 9 heteroatoms. The van der Waals surface area contributed by atoms with Crippen molar-refractivity contribution in [3.05, 3.63) is 16.4 Å². The Kier molecular flexibility index (Phi) is 4.08. The maximum atomic E-state index is 12.7. The number of ether oxygens (including phenoxy) is 1. The molecule has 4 nitrogen and oxygen atoms in total. The summed E-state index contributed by atoms with van der Waals surface area (Å²) in [6.07, 6.45) is -2.30. The molecule has 0 fully saturated rings. The highest BCUT2D eigenvalue weighted by atomic mass is 79.9. The molecule has 0 bridgehead atoms. The highest BCUT2D eigenvalue weighted by molar-refractivity contribution is 9.10. The lowest BCUT2D eigenvalue weighted by Gasteiger charge is -2.11. The van der Waals surface area contributed by atoms with E-state index >= 15 is 0 Å². The van der Waals surface area contributed by atoms with Crippen LogP contribution in [0.4, 0.5) is 8.78 Å². The largest absolute Gasteiger partial charge is 0.493 e. The van der Waals surface area contributed by atoms with Crippen molar-refractivity contribution in [3.8, 4) is 5.75 Å². The molecular weight excluding hydrogens is 332 g/mol. The second kappa shape index (κ2) is 4.80. The minimum absolute atomic E-state index is 0.0191. The number of pyridine rings is 1. The first-order valence-electron chi connectivity index (χ1n) is 3.74. The van der Waals surface area contributed by atoms with E-state index in [0.29, 0.717) is 0 Å². The van der Waals surface area contributed by atoms with Gasteiger partial charge < -0.3 is 4.74 Å². The normalized spacial score (nSPS) is 11.9. The molecule has 1 aromatic rings. The smallest absolute Gasteiger partial charge is 0.268 e. The first-order chi connectivity index (χ1) is 7.29. The van der Waals surface area contributed by atoms with E-state index < -0.39 is 25.9 Å². The Morgan fingerprint density at radius 2 is 2.12 bits per heavy atom. The first-order valence-corrected chi connectivity index (χ1v) is 6.84. The molecule has 0 aliphatic carbocycles. The number of alkyl halides is 2. The molecule has 0 unspecified atom stereocenters. The third-order valence-corrected chi connectivity index (χ3v) is 3.59. The number of aromatic nitrogens is 1. The number of hydrogen-bond acceptors (Lipinski definition) is 4. The quantitative estimate of drug-likeness (QED) is 0.629. The Balaban J connectivity index is 3.65. The zero-order valence-electron chi connectivity index (χ0n) is 7.75. The van der Waals surface area contributed by atoms with Crippen molar-refractivity contribution >= 4 is 35.7 Å². The van der Waals surface area contributed by atoms with Crippen molar-refractivity contribution in [1.82, 2.24) is 4.98 Å². The highest BCUT2D eigenvalue weighted by Crippen LogP contribution is 2.39. The zero-order valence-corrected chi connectivity index (χ0v) is 10.9. The fourth-order valence-electron chi connectivity index (χ4n) is 1.06. The van der Waals surface area contributed by atoms with E-state index in [-0.39, 0.29) is 10.4 Å². The third-order valence-electron chi connectivity index (χ3n) is 1.68. The Labute approximate surface area is 103 Å².